The first-order valence-corrected chi connectivity index (χ1v) is 5.87. The summed E-state index contributed by atoms with van der Waals surface area (Å²) in [6.07, 6.45) is 0. The van der Waals surface area contributed by atoms with Crippen molar-refractivity contribution in [2.45, 2.75) is 6.92 Å². The average Bonchev–Trinajstić information content (AvgIpc) is 2.32. The number of rotatable bonds is 2. The molecule has 2 aromatic carbocycles. The first-order chi connectivity index (χ1) is 8.56. The zero-order chi connectivity index (χ0) is 13.1. The molecule has 0 aliphatic rings. The van der Waals surface area contributed by atoms with Crippen LogP contribution in [0.4, 0.5) is 11.4 Å². The molecule has 0 aliphatic carbocycles. The number of halogens is 1. The number of carbonyl (C=O) groups excluding carboxylic acids is 1. The van der Waals surface area contributed by atoms with Gasteiger partial charge in [-0.15, -0.1) is 0 Å². The fourth-order valence-electron chi connectivity index (χ4n) is 1.70. The van der Waals surface area contributed by atoms with Crippen molar-refractivity contribution in [3.05, 3.63) is 47.5 Å². The highest BCUT2D eigenvalue weighted by atomic mass is 35.5. The maximum absolute atomic E-state index is 11.0. The number of carbonyl (C=O) groups is 1. The van der Waals surface area contributed by atoms with Crippen molar-refractivity contribution in [3.63, 3.8) is 0 Å². The van der Waals surface area contributed by atoms with Crippen LogP contribution in [-0.2, 0) is 4.79 Å². The third-order valence-electron chi connectivity index (χ3n) is 2.51. The minimum Gasteiger partial charge on any atom is -0.398 e. The predicted molar refractivity (Wildman–Crippen MR) is 75.6 cm³/mol. The highest BCUT2D eigenvalue weighted by molar-refractivity contribution is 6.33. The van der Waals surface area contributed by atoms with Crippen LogP contribution in [-0.4, -0.2) is 5.91 Å². The highest BCUT2D eigenvalue weighted by Crippen LogP contribution is 2.28. The van der Waals surface area contributed by atoms with Crippen LogP contribution in [0.15, 0.2) is 42.5 Å². The van der Waals surface area contributed by atoms with Gasteiger partial charge < -0.3 is 11.1 Å². The summed E-state index contributed by atoms with van der Waals surface area (Å²) >= 11 is 5.89. The van der Waals surface area contributed by atoms with Gasteiger partial charge in [0, 0.05) is 12.6 Å². The fraction of sp³-hybridized carbons (Fsp3) is 0.0714. The van der Waals surface area contributed by atoms with Gasteiger partial charge in [0.1, 0.15) is 0 Å². The summed E-state index contributed by atoms with van der Waals surface area (Å²) in [5.41, 5.74) is 9.01. The Morgan fingerprint density at radius 1 is 1.17 bits per heavy atom. The molecule has 2 rings (SSSR count). The van der Waals surface area contributed by atoms with Crippen molar-refractivity contribution in [1.29, 1.82) is 0 Å². The zero-order valence-corrected chi connectivity index (χ0v) is 10.7. The summed E-state index contributed by atoms with van der Waals surface area (Å²) in [4.78, 5) is 11.0. The molecule has 0 saturated carbocycles. The van der Waals surface area contributed by atoms with E-state index in [0.29, 0.717) is 10.7 Å². The minimum absolute atomic E-state index is 0.0947. The molecular weight excluding hydrogens is 248 g/mol. The molecule has 0 unspecified atom stereocenters. The smallest absolute Gasteiger partial charge is 0.221 e. The van der Waals surface area contributed by atoms with Crippen molar-refractivity contribution in [2.24, 2.45) is 0 Å². The maximum atomic E-state index is 11.0. The van der Waals surface area contributed by atoms with Crippen LogP contribution in [0.2, 0.25) is 5.02 Å². The number of benzene rings is 2. The molecule has 1 amide bonds. The van der Waals surface area contributed by atoms with Gasteiger partial charge in [-0.3, -0.25) is 4.79 Å². The Morgan fingerprint density at radius 3 is 2.56 bits per heavy atom. The lowest BCUT2D eigenvalue weighted by atomic mass is 10.0. The largest absolute Gasteiger partial charge is 0.398 e. The van der Waals surface area contributed by atoms with Crippen LogP contribution < -0.4 is 11.1 Å². The van der Waals surface area contributed by atoms with Crippen LogP contribution in [0.1, 0.15) is 6.92 Å². The number of nitrogens with two attached hydrogens (primary N) is 1. The molecule has 0 aliphatic heterocycles. The van der Waals surface area contributed by atoms with Crippen LogP contribution in [0.3, 0.4) is 0 Å². The molecule has 0 aromatic heterocycles. The van der Waals surface area contributed by atoms with Crippen molar-refractivity contribution < 1.29 is 4.79 Å². The molecule has 0 fully saturated rings. The van der Waals surface area contributed by atoms with Crippen molar-refractivity contribution in [1.82, 2.24) is 0 Å². The quantitative estimate of drug-likeness (QED) is 0.812. The number of hydrogen-bond acceptors (Lipinski definition) is 2. The van der Waals surface area contributed by atoms with E-state index in [1.54, 1.807) is 6.07 Å². The molecule has 0 heterocycles. The number of nitrogen functional groups attached to an aromatic ring is 1. The third kappa shape index (κ3) is 2.81. The Labute approximate surface area is 111 Å². The molecule has 3 nitrogen and oxygen atoms in total. The van der Waals surface area contributed by atoms with Crippen LogP contribution in [0, 0.1) is 0 Å². The molecule has 2 aromatic rings. The van der Waals surface area contributed by atoms with Gasteiger partial charge in [-0.05, 0) is 35.4 Å². The Morgan fingerprint density at radius 2 is 1.89 bits per heavy atom. The fourth-order valence-corrected chi connectivity index (χ4v) is 1.82. The number of amides is 1. The van der Waals surface area contributed by atoms with E-state index in [1.165, 1.54) is 6.92 Å². The Kier molecular flexibility index (Phi) is 3.53. The SMILES string of the molecule is CC(=O)Nc1cccc(-c2ccc(Cl)c(N)c2)c1. The van der Waals surface area contributed by atoms with Gasteiger partial charge >= 0.3 is 0 Å². The molecular formula is C14H13ClN2O. The molecule has 0 spiro atoms. The Hall–Kier alpha value is -2.00. The van der Waals surface area contributed by atoms with Crippen LogP contribution in [0.25, 0.3) is 11.1 Å². The lowest BCUT2D eigenvalue weighted by Gasteiger charge is -2.07. The van der Waals surface area contributed by atoms with E-state index in [1.807, 2.05) is 36.4 Å². The molecule has 3 N–H and O–H groups in total. The van der Waals surface area contributed by atoms with Gasteiger partial charge in [0.05, 0.1) is 10.7 Å². The van der Waals surface area contributed by atoms with Gasteiger partial charge in [0.15, 0.2) is 0 Å². The molecule has 4 heteroatoms. The Balaban J connectivity index is 2.38. The summed E-state index contributed by atoms with van der Waals surface area (Å²) in [7, 11) is 0. The van der Waals surface area contributed by atoms with E-state index in [-0.39, 0.29) is 5.91 Å². The van der Waals surface area contributed by atoms with Crippen LogP contribution >= 0.6 is 11.6 Å². The average molecular weight is 261 g/mol. The topological polar surface area (TPSA) is 55.1 Å². The summed E-state index contributed by atoms with van der Waals surface area (Å²) in [6.45, 7) is 1.48. The molecule has 0 bridgehead atoms. The standard InChI is InChI=1S/C14H13ClN2O/c1-9(18)17-12-4-2-3-10(7-12)11-5-6-13(15)14(16)8-11/h2-8H,16H2,1H3,(H,17,18). The van der Waals surface area contributed by atoms with Gasteiger partial charge in [-0.25, -0.2) is 0 Å². The molecule has 92 valence electrons. The van der Waals surface area contributed by atoms with E-state index < -0.39 is 0 Å². The minimum atomic E-state index is -0.0947. The van der Waals surface area contributed by atoms with Crippen molar-refractivity contribution in [2.75, 3.05) is 11.1 Å². The van der Waals surface area contributed by atoms with Gasteiger partial charge in [0.2, 0.25) is 5.91 Å². The van der Waals surface area contributed by atoms with E-state index in [9.17, 15) is 4.79 Å². The molecule has 18 heavy (non-hydrogen) atoms. The number of nitrogens with one attached hydrogen (secondary N) is 1. The highest BCUT2D eigenvalue weighted by Gasteiger charge is 2.03. The molecule has 0 atom stereocenters. The van der Waals surface area contributed by atoms with Crippen LogP contribution in [0.5, 0.6) is 0 Å². The lowest BCUT2D eigenvalue weighted by Crippen LogP contribution is -2.05. The summed E-state index contributed by atoms with van der Waals surface area (Å²) in [5, 5.41) is 3.28. The zero-order valence-electron chi connectivity index (χ0n) is 9.91. The second-order valence-corrected chi connectivity index (χ2v) is 4.41. The molecule has 0 saturated heterocycles. The summed E-state index contributed by atoms with van der Waals surface area (Å²) in [5.74, 6) is -0.0947. The van der Waals surface area contributed by atoms with E-state index >= 15 is 0 Å². The van der Waals surface area contributed by atoms with Crippen molar-refractivity contribution >= 4 is 28.9 Å². The summed E-state index contributed by atoms with van der Waals surface area (Å²) < 4.78 is 0. The van der Waals surface area contributed by atoms with E-state index in [4.69, 9.17) is 17.3 Å². The monoisotopic (exact) mass is 260 g/mol. The second kappa shape index (κ2) is 5.10. The lowest BCUT2D eigenvalue weighted by molar-refractivity contribution is -0.114. The third-order valence-corrected chi connectivity index (χ3v) is 2.86. The van der Waals surface area contributed by atoms with E-state index in [2.05, 4.69) is 5.32 Å². The van der Waals surface area contributed by atoms with Crippen molar-refractivity contribution in [3.8, 4) is 11.1 Å². The van der Waals surface area contributed by atoms with Gasteiger partial charge in [-0.2, -0.15) is 0 Å². The second-order valence-electron chi connectivity index (χ2n) is 4.00. The maximum Gasteiger partial charge on any atom is 0.221 e. The molecule has 0 radical (unpaired) electrons. The van der Waals surface area contributed by atoms with Gasteiger partial charge in [0.25, 0.3) is 0 Å². The number of hydrogen-bond donors (Lipinski definition) is 2. The number of anilines is 2. The normalized spacial score (nSPS) is 10.1. The van der Waals surface area contributed by atoms with Gasteiger partial charge in [-0.1, -0.05) is 29.8 Å². The Bertz CT molecular complexity index is 596. The predicted octanol–water partition coefficient (Wildman–Crippen LogP) is 3.55. The summed E-state index contributed by atoms with van der Waals surface area (Å²) in [6, 6.07) is 13.0. The van der Waals surface area contributed by atoms with E-state index in [0.717, 1.165) is 16.8 Å². The first-order valence-electron chi connectivity index (χ1n) is 5.49. The first kappa shape index (κ1) is 12.5.